The molecular weight excluding hydrogens is 273 g/mol. The molecule has 5 heteroatoms. The minimum atomic E-state index is -1.12. The van der Waals surface area contributed by atoms with Crippen LogP contribution in [0.2, 0.25) is 0 Å². The van der Waals surface area contributed by atoms with Gasteiger partial charge in [0.05, 0.1) is 11.3 Å². The van der Waals surface area contributed by atoms with Crippen molar-refractivity contribution >= 4 is 17.6 Å². The van der Waals surface area contributed by atoms with Crippen LogP contribution in [0.4, 0.5) is 10.1 Å². The van der Waals surface area contributed by atoms with Crippen molar-refractivity contribution in [1.82, 2.24) is 0 Å². The van der Waals surface area contributed by atoms with Crippen molar-refractivity contribution in [3.63, 3.8) is 0 Å². The van der Waals surface area contributed by atoms with Crippen molar-refractivity contribution in [2.45, 2.75) is 6.92 Å². The summed E-state index contributed by atoms with van der Waals surface area (Å²) in [5, 5.41) is 9.17. The van der Waals surface area contributed by atoms with E-state index in [1.165, 1.54) is 36.2 Å². The first-order chi connectivity index (χ1) is 9.91. The molecule has 2 rings (SSSR count). The van der Waals surface area contributed by atoms with Crippen LogP contribution < -0.4 is 4.90 Å². The molecule has 0 aliphatic heterocycles. The van der Waals surface area contributed by atoms with E-state index in [0.717, 1.165) is 6.07 Å². The molecule has 1 N–H and O–H groups in total. The second-order valence-corrected chi connectivity index (χ2v) is 4.65. The summed E-state index contributed by atoms with van der Waals surface area (Å²) in [4.78, 5) is 24.9. The van der Waals surface area contributed by atoms with Gasteiger partial charge in [-0.1, -0.05) is 18.2 Å². The summed E-state index contributed by atoms with van der Waals surface area (Å²) in [5.74, 6) is -2.09. The minimum absolute atomic E-state index is 0.0161. The third-order valence-electron chi connectivity index (χ3n) is 3.23. The zero-order valence-electron chi connectivity index (χ0n) is 11.6. The molecule has 0 aliphatic carbocycles. The number of benzene rings is 2. The van der Waals surface area contributed by atoms with Crippen molar-refractivity contribution in [2.75, 3.05) is 11.9 Å². The first-order valence-corrected chi connectivity index (χ1v) is 6.28. The van der Waals surface area contributed by atoms with E-state index < -0.39 is 17.7 Å². The minimum Gasteiger partial charge on any atom is -0.478 e. The highest BCUT2D eigenvalue weighted by Crippen LogP contribution is 2.22. The number of amides is 1. The molecule has 21 heavy (non-hydrogen) atoms. The standard InChI is InChI=1S/C16H14FNO3/c1-10-7-8-11(17)9-13(10)15(19)18(2)14-6-4-3-5-12(14)16(20)21/h3-9H,1-2H3,(H,20,21). The van der Waals surface area contributed by atoms with Gasteiger partial charge in [0.2, 0.25) is 0 Å². The predicted octanol–water partition coefficient (Wildman–Crippen LogP) is 3.11. The van der Waals surface area contributed by atoms with E-state index in [1.807, 2.05) is 0 Å². The third-order valence-corrected chi connectivity index (χ3v) is 3.23. The van der Waals surface area contributed by atoms with Gasteiger partial charge in [-0.15, -0.1) is 0 Å². The summed E-state index contributed by atoms with van der Waals surface area (Å²) in [7, 11) is 1.47. The van der Waals surface area contributed by atoms with E-state index in [0.29, 0.717) is 5.56 Å². The number of hydrogen-bond donors (Lipinski definition) is 1. The largest absolute Gasteiger partial charge is 0.478 e. The Morgan fingerprint density at radius 3 is 2.43 bits per heavy atom. The lowest BCUT2D eigenvalue weighted by molar-refractivity contribution is 0.0697. The van der Waals surface area contributed by atoms with E-state index in [1.54, 1.807) is 19.1 Å². The number of aromatic carboxylic acids is 1. The molecule has 0 unspecified atom stereocenters. The third kappa shape index (κ3) is 2.91. The van der Waals surface area contributed by atoms with Crippen LogP contribution in [0.3, 0.4) is 0 Å². The van der Waals surface area contributed by atoms with E-state index in [9.17, 15) is 14.0 Å². The van der Waals surface area contributed by atoms with Crippen molar-refractivity contribution in [2.24, 2.45) is 0 Å². The summed E-state index contributed by atoms with van der Waals surface area (Å²) in [6, 6.07) is 10.1. The van der Waals surface area contributed by atoms with Crippen molar-refractivity contribution in [1.29, 1.82) is 0 Å². The lowest BCUT2D eigenvalue weighted by Crippen LogP contribution is -2.28. The van der Waals surface area contributed by atoms with Crippen molar-refractivity contribution in [3.8, 4) is 0 Å². The number of para-hydroxylation sites is 1. The molecule has 0 spiro atoms. The van der Waals surface area contributed by atoms with Crippen molar-refractivity contribution < 1.29 is 19.1 Å². The number of carboxylic acids is 1. The highest BCUT2D eigenvalue weighted by atomic mass is 19.1. The monoisotopic (exact) mass is 287 g/mol. The molecule has 4 nitrogen and oxygen atoms in total. The molecule has 2 aromatic carbocycles. The summed E-state index contributed by atoms with van der Waals surface area (Å²) in [6.45, 7) is 1.70. The van der Waals surface area contributed by atoms with Gasteiger partial charge in [0, 0.05) is 12.6 Å². The molecule has 0 aromatic heterocycles. The molecule has 2 aromatic rings. The summed E-state index contributed by atoms with van der Waals surface area (Å²) >= 11 is 0. The highest BCUT2D eigenvalue weighted by Gasteiger charge is 2.20. The van der Waals surface area contributed by atoms with Gasteiger partial charge in [0.15, 0.2) is 0 Å². The Labute approximate surface area is 121 Å². The van der Waals surface area contributed by atoms with Gasteiger partial charge in [0.1, 0.15) is 5.82 Å². The fraction of sp³-hybridized carbons (Fsp3) is 0.125. The Balaban J connectivity index is 2.45. The Kier molecular flexibility index (Phi) is 4.03. The Hall–Kier alpha value is -2.69. The molecule has 0 radical (unpaired) electrons. The number of carbonyl (C=O) groups is 2. The fourth-order valence-corrected chi connectivity index (χ4v) is 2.06. The predicted molar refractivity (Wildman–Crippen MR) is 77.3 cm³/mol. The molecule has 0 heterocycles. The number of hydrogen-bond acceptors (Lipinski definition) is 2. The van der Waals surface area contributed by atoms with Gasteiger partial charge < -0.3 is 10.0 Å². The van der Waals surface area contributed by atoms with E-state index >= 15 is 0 Å². The van der Waals surface area contributed by atoms with E-state index in [4.69, 9.17) is 5.11 Å². The molecular formula is C16H14FNO3. The van der Waals surface area contributed by atoms with Crippen LogP contribution in [0.1, 0.15) is 26.3 Å². The molecule has 0 bridgehead atoms. The Morgan fingerprint density at radius 2 is 1.76 bits per heavy atom. The topological polar surface area (TPSA) is 57.6 Å². The van der Waals surface area contributed by atoms with Crippen LogP contribution in [-0.2, 0) is 0 Å². The first kappa shape index (κ1) is 14.7. The van der Waals surface area contributed by atoms with E-state index in [2.05, 4.69) is 0 Å². The number of aryl methyl sites for hydroxylation is 1. The van der Waals surface area contributed by atoms with Crippen LogP contribution in [0, 0.1) is 12.7 Å². The van der Waals surface area contributed by atoms with Crippen LogP contribution in [-0.4, -0.2) is 24.0 Å². The van der Waals surface area contributed by atoms with Gasteiger partial charge in [-0.3, -0.25) is 4.79 Å². The maximum atomic E-state index is 13.3. The zero-order chi connectivity index (χ0) is 15.6. The zero-order valence-corrected chi connectivity index (χ0v) is 11.6. The number of carbonyl (C=O) groups excluding carboxylic acids is 1. The van der Waals surface area contributed by atoms with Crippen LogP contribution in [0.25, 0.3) is 0 Å². The highest BCUT2D eigenvalue weighted by molar-refractivity contribution is 6.09. The average molecular weight is 287 g/mol. The number of carboxylic acid groups (broad SMARTS) is 1. The van der Waals surface area contributed by atoms with Crippen molar-refractivity contribution in [3.05, 3.63) is 65.0 Å². The van der Waals surface area contributed by atoms with Gasteiger partial charge in [-0.05, 0) is 36.8 Å². The number of halogens is 1. The number of anilines is 1. The molecule has 0 atom stereocenters. The van der Waals surface area contributed by atoms with E-state index in [-0.39, 0.29) is 16.8 Å². The molecule has 0 saturated heterocycles. The van der Waals surface area contributed by atoms with Crippen LogP contribution >= 0.6 is 0 Å². The molecule has 108 valence electrons. The molecule has 0 saturated carbocycles. The molecule has 0 fully saturated rings. The van der Waals surface area contributed by atoms with Gasteiger partial charge in [-0.25, -0.2) is 9.18 Å². The van der Waals surface area contributed by atoms with Gasteiger partial charge in [-0.2, -0.15) is 0 Å². The normalized spacial score (nSPS) is 10.2. The lowest BCUT2D eigenvalue weighted by Gasteiger charge is -2.20. The maximum absolute atomic E-state index is 13.3. The molecule has 1 amide bonds. The maximum Gasteiger partial charge on any atom is 0.337 e. The smallest absolute Gasteiger partial charge is 0.337 e. The summed E-state index contributed by atoms with van der Waals surface area (Å²) < 4.78 is 13.3. The van der Waals surface area contributed by atoms with Crippen LogP contribution in [0.15, 0.2) is 42.5 Å². The quantitative estimate of drug-likeness (QED) is 0.943. The Bertz CT molecular complexity index is 712. The lowest BCUT2D eigenvalue weighted by atomic mass is 10.1. The Morgan fingerprint density at radius 1 is 1.10 bits per heavy atom. The second kappa shape index (κ2) is 5.75. The second-order valence-electron chi connectivity index (χ2n) is 4.65. The first-order valence-electron chi connectivity index (χ1n) is 6.28. The van der Waals surface area contributed by atoms with Gasteiger partial charge >= 0.3 is 5.97 Å². The average Bonchev–Trinajstić information content (AvgIpc) is 2.48. The SMILES string of the molecule is Cc1ccc(F)cc1C(=O)N(C)c1ccccc1C(=O)O. The summed E-state index contributed by atoms with van der Waals surface area (Å²) in [5.41, 5.74) is 1.11. The van der Waals surface area contributed by atoms with Gasteiger partial charge in [0.25, 0.3) is 5.91 Å². The number of rotatable bonds is 3. The number of nitrogens with zero attached hydrogens (tertiary/aromatic N) is 1. The summed E-state index contributed by atoms with van der Waals surface area (Å²) in [6.07, 6.45) is 0. The van der Waals surface area contributed by atoms with Crippen LogP contribution in [0.5, 0.6) is 0 Å². The fourth-order valence-electron chi connectivity index (χ4n) is 2.06. The molecule has 0 aliphatic rings.